The van der Waals surface area contributed by atoms with Crippen molar-refractivity contribution in [2.45, 2.75) is 281 Å². The molecule has 8 atom stereocenters. The molecule has 61 heavy (non-hydrogen) atoms. The summed E-state index contributed by atoms with van der Waals surface area (Å²) in [7, 11) is 0. The molecular weight excluding hydrogens is 777 g/mol. The molecule has 1 saturated heterocycles. The first-order valence-electron chi connectivity index (χ1n) is 25.5. The Bertz CT molecular complexity index is 1010. The normalized spacial score (nSPS) is 20.7. The van der Waals surface area contributed by atoms with Crippen LogP contribution < -0.4 is 10.6 Å². The van der Waals surface area contributed by atoms with E-state index in [1.165, 1.54) is 103 Å². The molecule has 2 unspecified atom stereocenters. The highest BCUT2D eigenvalue weighted by Crippen LogP contribution is 2.23. The van der Waals surface area contributed by atoms with Gasteiger partial charge in [-0.25, -0.2) is 0 Å². The van der Waals surface area contributed by atoms with Crippen LogP contribution in [0.25, 0.3) is 0 Å². The Morgan fingerprint density at radius 3 is 1.41 bits per heavy atom. The van der Waals surface area contributed by atoms with Crippen LogP contribution in [0.4, 0.5) is 0 Å². The number of carbonyl (C=O) groups excluding carboxylic acids is 2. The third kappa shape index (κ3) is 30.4. The smallest absolute Gasteiger partial charge is 0.220 e. The molecule has 0 aliphatic carbocycles. The molecule has 12 heteroatoms. The summed E-state index contributed by atoms with van der Waals surface area (Å²) in [5.74, 6) is -0.0985. The van der Waals surface area contributed by atoms with Crippen LogP contribution in [-0.4, -0.2) is 111 Å². The minimum Gasteiger partial charge on any atom is -0.394 e. The molecule has 1 heterocycles. The van der Waals surface area contributed by atoms with E-state index >= 15 is 0 Å². The average molecular weight is 873 g/mol. The van der Waals surface area contributed by atoms with Gasteiger partial charge in [0.1, 0.15) is 30.5 Å². The van der Waals surface area contributed by atoms with E-state index in [0.717, 1.165) is 96.4 Å². The van der Waals surface area contributed by atoms with Crippen LogP contribution in [0.1, 0.15) is 232 Å². The van der Waals surface area contributed by atoms with Gasteiger partial charge in [0.2, 0.25) is 11.8 Å². The van der Waals surface area contributed by atoms with E-state index < -0.39 is 55.6 Å². The van der Waals surface area contributed by atoms with Crippen molar-refractivity contribution in [1.29, 1.82) is 0 Å². The van der Waals surface area contributed by atoms with Crippen molar-refractivity contribution in [3.63, 3.8) is 0 Å². The highest BCUT2D eigenvalue weighted by atomic mass is 16.7. The fraction of sp³-hybridized carbons (Fsp3) is 0.959. The van der Waals surface area contributed by atoms with Gasteiger partial charge in [0.15, 0.2) is 6.29 Å². The van der Waals surface area contributed by atoms with Gasteiger partial charge in [-0.3, -0.25) is 9.59 Å². The van der Waals surface area contributed by atoms with Crippen molar-refractivity contribution < 1.29 is 49.7 Å². The average Bonchev–Trinajstić information content (AvgIpc) is 3.25. The van der Waals surface area contributed by atoms with Crippen molar-refractivity contribution in [3.8, 4) is 0 Å². The van der Waals surface area contributed by atoms with Gasteiger partial charge >= 0.3 is 0 Å². The quantitative estimate of drug-likeness (QED) is 0.0275. The Labute approximate surface area is 372 Å². The maximum Gasteiger partial charge on any atom is 0.220 e. The maximum absolute atomic E-state index is 13.0. The lowest BCUT2D eigenvalue weighted by Crippen LogP contribution is -2.60. The van der Waals surface area contributed by atoms with Gasteiger partial charge in [-0.2, -0.15) is 0 Å². The van der Waals surface area contributed by atoms with Gasteiger partial charge in [0, 0.05) is 19.4 Å². The minimum atomic E-state index is -1.62. The molecule has 0 aromatic carbocycles. The number of nitrogens with one attached hydrogen (secondary N) is 2. The summed E-state index contributed by atoms with van der Waals surface area (Å²) in [6, 6.07) is -1.01. The minimum absolute atomic E-state index is 0.184. The lowest BCUT2D eigenvalue weighted by atomic mass is 9.98. The summed E-state index contributed by atoms with van der Waals surface area (Å²) in [5, 5.41) is 68.3. The molecule has 0 aromatic heterocycles. The molecule has 0 spiro atoms. The highest BCUT2D eigenvalue weighted by Gasteiger charge is 2.44. The predicted molar refractivity (Wildman–Crippen MR) is 245 cm³/mol. The number of rotatable bonds is 43. The first-order chi connectivity index (χ1) is 29.7. The Balaban J connectivity index is 2.29. The summed E-state index contributed by atoms with van der Waals surface area (Å²) in [5.41, 5.74) is 0. The number of unbranched alkanes of at least 4 members (excludes halogenated alkanes) is 28. The van der Waals surface area contributed by atoms with Gasteiger partial charge in [-0.15, -0.1) is 0 Å². The van der Waals surface area contributed by atoms with E-state index in [4.69, 9.17) is 9.47 Å². The number of ether oxygens (including phenoxy) is 2. The van der Waals surface area contributed by atoms with Crippen LogP contribution in [0.5, 0.6) is 0 Å². The first kappa shape index (κ1) is 57.6. The van der Waals surface area contributed by atoms with Gasteiger partial charge in [-0.05, 0) is 25.7 Å². The first-order valence-corrected chi connectivity index (χ1v) is 25.5. The SMILES string of the molecule is CCCCCCCCCCCCCC[C@@H](O)[C@@H](O)[C@H](CO[C@H]1OC(CO)[C@H](O)[C@H](O)C1O)NC(=O)CCCCCCCCCCCNC(=O)CCCCCCCCCCCC. The third-order valence-corrected chi connectivity index (χ3v) is 12.5. The molecule has 1 aliphatic rings. The van der Waals surface area contributed by atoms with Crippen LogP contribution in [-0.2, 0) is 19.1 Å². The van der Waals surface area contributed by atoms with Crippen molar-refractivity contribution >= 4 is 11.8 Å². The topological polar surface area (TPSA) is 198 Å². The summed E-state index contributed by atoms with van der Waals surface area (Å²) < 4.78 is 11.2. The van der Waals surface area contributed by atoms with E-state index in [-0.39, 0.29) is 24.8 Å². The lowest BCUT2D eigenvalue weighted by Gasteiger charge is -2.40. The van der Waals surface area contributed by atoms with Gasteiger partial charge < -0.3 is 50.7 Å². The van der Waals surface area contributed by atoms with Gasteiger partial charge in [0.05, 0.1) is 25.4 Å². The summed E-state index contributed by atoms with van der Waals surface area (Å²) in [4.78, 5) is 25.2. The van der Waals surface area contributed by atoms with Gasteiger partial charge in [-0.1, -0.05) is 194 Å². The number of aliphatic hydroxyl groups excluding tert-OH is 6. The summed E-state index contributed by atoms with van der Waals surface area (Å²) in [6.07, 6.45) is 27.7. The number of aliphatic hydroxyl groups is 6. The van der Waals surface area contributed by atoms with Crippen LogP contribution in [0.2, 0.25) is 0 Å². The fourth-order valence-corrected chi connectivity index (χ4v) is 8.28. The zero-order valence-corrected chi connectivity index (χ0v) is 39.1. The molecule has 2 amide bonds. The third-order valence-electron chi connectivity index (χ3n) is 12.5. The second kappa shape index (κ2) is 40.2. The molecule has 1 aliphatic heterocycles. The number of amides is 2. The van der Waals surface area contributed by atoms with Crippen LogP contribution in [0.3, 0.4) is 0 Å². The molecule has 0 radical (unpaired) electrons. The summed E-state index contributed by atoms with van der Waals surface area (Å²) >= 11 is 0. The number of hydrogen-bond donors (Lipinski definition) is 8. The number of carbonyl (C=O) groups is 2. The molecule has 0 bridgehead atoms. The van der Waals surface area contributed by atoms with Crippen LogP contribution >= 0.6 is 0 Å². The lowest BCUT2D eigenvalue weighted by molar-refractivity contribution is -0.303. The van der Waals surface area contributed by atoms with Crippen LogP contribution in [0, 0.1) is 0 Å². The highest BCUT2D eigenvalue weighted by molar-refractivity contribution is 5.76. The second-order valence-electron chi connectivity index (χ2n) is 18.2. The van der Waals surface area contributed by atoms with E-state index in [1.807, 2.05) is 0 Å². The molecule has 1 rings (SSSR count). The molecule has 0 saturated carbocycles. The Morgan fingerprint density at radius 1 is 0.541 bits per heavy atom. The molecule has 8 N–H and O–H groups in total. The Hall–Kier alpha value is -1.38. The monoisotopic (exact) mass is 873 g/mol. The van der Waals surface area contributed by atoms with Crippen LogP contribution in [0.15, 0.2) is 0 Å². The predicted octanol–water partition coefficient (Wildman–Crippen LogP) is 8.43. The molecule has 1 fully saturated rings. The molecule has 0 aromatic rings. The fourth-order valence-electron chi connectivity index (χ4n) is 8.28. The standard InChI is InChI=1S/C49H96N2O10/c1-3-5-7-9-11-13-15-16-18-22-26-30-34-41(53)45(56)40(39-60-49-48(59)47(58)46(57)42(38-52)61-49)51-44(55)36-32-28-24-20-17-21-25-29-33-37-50-43(54)35-31-27-23-19-14-12-10-8-6-4-2/h40-42,45-49,52-53,56-59H,3-39H2,1-2H3,(H,50,54)(H,51,55)/t40-,41+,42?,45-,46-,47-,48?,49-/m0/s1. The van der Waals surface area contributed by atoms with Crippen molar-refractivity contribution in [2.75, 3.05) is 19.8 Å². The van der Waals surface area contributed by atoms with E-state index in [0.29, 0.717) is 19.3 Å². The van der Waals surface area contributed by atoms with Crippen molar-refractivity contribution in [2.24, 2.45) is 0 Å². The van der Waals surface area contributed by atoms with E-state index in [9.17, 15) is 40.2 Å². The largest absolute Gasteiger partial charge is 0.394 e. The van der Waals surface area contributed by atoms with E-state index in [1.54, 1.807) is 0 Å². The maximum atomic E-state index is 13.0. The number of hydrogen-bond acceptors (Lipinski definition) is 10. The zero-order valence-electron chi connectivity index (χ0n) is 39.1. The summed E-state index contributed by atoms with van der Waals surface area (Å²) in [6.45, 7) is 4.32. The molecule has 12 nitrogen and oxygen atoms in total. The molecular formula is C49H96N2O10. The van der Waals surface area contributed by atoms with Crippen molar-refractivity contribution in [1.82, 2.24) is 10.6 Å². The van der Waals surface area contributed by atoms with Crippen molar-refractivity contribution in [3.05, 3.63) is 0 Å². The van der Waals surface area contributed by atoms with E-state index in [2.05, 4.69) is 24.5 Å². The second-order valence-corrected chi connectivity index (χ2v) is 18.2. The molecule has 362 valence electrons. The zero-order chi connectivity index (χ0) is 44.8. The Morgan fingerprint density at radius 2 is 0.951 bits per heavy atom. The Kier molecular flexibility index (Phi) is 37.9. The van der Waals surface area contributed by atoms with Gasteiger partial charge in [0.25, 0.3) is 0 Å².